The molecule has 2 aromatic rings. The van der Waals surface area contributed by atoms with Gasteiger partial charge in [-0.2, -0.15) is 20.4 Å². The maximum absolute atomic E-state index is 5.17. The van der Waals surface area contributed by atoms with E-state index in [0.717, 1.165) is 11.1 Å². The number of rotatable bonds is 6. The van der Waals surface area contributed by atoms with Crippen LogP contribution < -0.4 is 10.6 Å². The van der Waals surface area contributed by atoms with Gasteiger partial charge in [0.05, 0.1) is 11.4 Å². The molecule has 0 aliphatic carbocycles. The van der Waals surface area contributed by atoms with Gasteiger partial charge in [-0.3, -0.25) is 0 Å². The molecule has 1 heterocycles. The summed E-state index contributed by atoms with van der Waals surface area (Å²) in [6.45, 7) is 4.02. The minimum absolute atomic E-state index is 0. The maximum Gasteiger partial charge on any atom is 2.00 e. The molecule has 0 unspecified atom stereocenters. The molecule has 1 aromatic heterocycles. The van der Waals surface area contributed by atoms with E-state index in [4.69, 9.17) is 25.3 Å². The maximum atomic E-state index is 5.17. The smallest absolute Gasteiger partial charge is 0.741 e. The monoisotopic (exact) mass is 477 g/mol. The van der Waals surface area contributed by atoms with Crippen LogP contribution >= 0.6 is 0 Å². The molecule has 0 saturated heterocycles. The number of aromatic nitrogens is 4. The zero-order chi connectivity index (χ0) is 20.4. The number of hydrogen-bond acceptors (Lipinski definition) is 10. The summed E-state index contributed by atoms with van der Waals surface area (Å²) in [7, 11) is 1.68. The van der Waals surface area contributed by atoms with E-state index in [1.807, 2.05) is 24.3 Å². The zero-order valence-corrected chi connectivity index (χ0v) is 18.4. The van der Waals surface area contributed by atoms with Crippen molar-refractivity contribution in [3.63, 3.8) is 0 Å². The Morgan fingerprint density at radius 1 is 0.897 bits per heavy atom. The van der Waals surface area contributed by atoms with Gasteiger partial charge in [0.15, 0.2) is 6.33 Å². The average molecular weight is 478 g/mol. The first-order valence-corrected chi connectivity index (χ1v) is 8.91. The van der Waals surface area contributed by atoms with Crippen LogP contribution in [0.1, 0.15) is 19.4 Å². The first-order chi connectivity index (χ1) is 13.5. The van der Waals surface area contributed by atoms with E-state index in [0.29, 0.717) is 29.0 Å². The molecule has 0 amide bonds. The molecule has 0 aliphatic rings. The second kappa shape index (κ2) is 12.8. The third-order valence-electron chi connectivity index (χ3n) is 3.38. The minimum Gasteiger partial charge on any atom is -0.741 e. The fourth-order valence-electron chi connectivity index (χ4n) is 1.74. The Kier molecular flexibility index (Phi) is 10.8. The fourth-order valence-corrected chi connectivity index (χ4v) is 1.89. The fraction of sp³-hybridized carbons (Fsp3) is 0.250. The summed E-state index contributed by atoms with van der Waals surface area (Å²) < 4.78 is 0. The number of nitrogens with zero attached hydrogens (tertiary/aromatic N) is 8. The van der Waals surface area contributed by atoms with Crippen LogP contribution in [0.3, 0.4) is 0 Å². The van der Waals surface area contributed by atoms with Gasteiger partial charge < -0.3 is 35.9 Å². The van der Waals surface area contributed by atoms with Crippen LogP contribution in [0.25, 0.3) is 11.4 Å². The molecule has 0 spiro atoms. The Morgan fingerprint density at radius 3 is 2.00 bits per heavy atom. The second-order valence-corrected chi connectivity index (χ2v) is 6.13. The van der Waals surface area contributed by atoms with Crippen molar-refractivity contribution in [1.82, 2.24) is 31.0 Å². The zero-order valence-electron chi connectivity index (χ0n) is 15.8. The van der Waals surface area contributed by atoms with E-state index < -0.39 is 0 Å². The summed E-state index contributed by atoms with van der Waals surface area (Å²) in [4.78, 5) is 0. The van der Waals surface area contributed by atoms with Gasteiger partial charge in [-0.05, 0) is 29.7 Å². The SMILES string of the molecule is CN/C([S-])=N/N=C(C)/C(C)=N/N=C(\[S-])NCc1ccc(-c2nncnn2)cc1.[Cu+2]. The molecule has 2 N–H and O–H groups in total. The third-order valence-corrected chi connectivity index (χ3v) is 3.89. The molecule has 0 fully saturated rings. The molecule has 1 aromatic carbocycles. The number of hydrogen-bond donors (Lipinski definition) is 2. The van der Waals surface area contributed by atoms with E-state index in [1.165, 1.54) is 6.33 Å². The Morgan fingerprint density at radius 2 is 1.45 bits per heavy atom. The number of benzene rings is 1. The van der Waals surface area contributed by atoms with E-state index in [9.17, 15) is 0 Å². The Labute approximate surface area is 190 Å². The largest absolute Gasteiger partial charge is 2.00 e. The quantitative estimate of drug-likeness (QED) is 0.206. The van der Waals surface area contributed by atoms with E-state index in [-0.39, 0.29) is 22.2 Å². The van der Waals surface area contributed by atoms with Crippen LogP contribution in [0, 0.1) is 0 Å². The van der Waals surface area contributed by atoms with Crippen LogP contribution in [0.5, 0.6) is 0 Å². The van der Waals surface area contributed by atoms with Crippen LogP contribution in [-0.2, 0) is 48.9 Å². The Hall–Kier alpha value is -2.60. The van der Waals surface area contributed by atoms with Gasteiger partial charge in [-0.15, -0.1) is 20.4 Å². The van der Waals surface area contributed by atoms with Crippen LogP contribution in [0.2, 0.25) is 0 Å². The summed E-state index contributed by atoms with van der Waals surface area (Å²) in [5.74, 6) is 0.469. The first kappa shape index (κ1) is 24.4. The van der Waals surface area contributed by atoms with Crippen molar-refractivity contribution in [1.29, 1.82) is 0 Å². The van der Waals surface area contributed by atoms with Gasteiger partial charge in [0.1, 0.15) is 0 Å². The summed E-state index contributed by atoms with van der Waals surface area (Å²) in [5, 5.41) is 37.3. The van der Waals surface area contributed by atoms with E-state index in [1.54, 1.807) is 20.9 Å². The number of nitrogens with one attached hydrogen (secondary N) is 2. The van der Waals surface area contributed by atoms with Gasteiger partial charge in [0, 0.05) is 19.2 Å². The predicted octanol–water partition coefficient (Wildman–Crippen LogP) is 0.798. The standard InChI is InChI=1S/C16H20N10S2.Cu/c1-10(21-25-15(27)17-3)11(2)22-26-16(28)18-8-12-4-6-13(7-5-12)14-23-19-9-20-24-14;/h4-7,9H,8H2,1-3H3,(H2,17,25,27)(H2,18,26,28);/q;+2/p-2/b21-10+,22-11+;. The molecule has 0 saturated carbocycles. The molecule has 1 radical (unpaired) electrons. The molecule has 2 rings (SSSR count). The van der Waals surface area contributed by atoms with Gasteiger partial charge in [-0.1, -0.05) is 24.3 Å². The van der Waals surface area contributed by atoms with E-state index in [2.05, 4.69) is 51.4 Å². The summed E-state index contributed by atoms with van der Waals surface area (Å²) in [6, 6.07) is 7.63. The van der Waals surface area contributed by atoms with Gasteiger partial charge >= 0.3 is 17.1 Å². The van der Waals surface area contributed by atoms with Crippen LogP contribution in [0.15, 0.2) is 51.0 Å². The van der Waals surface area contributed by atoms with Crippen LogP contribution in [0.4, 0.5) is 0 Å². The Bertz CT molecular complexity index is 898. The first-order valence-electron chi connectivity index (χ1n) is 8.09. The van der Waals surface area contributed by atoms with Gasteiger partial charge in [-0.25, -0.2) is 0 Å². The van der Waals surface area contributed by atoms with Crippen molar-refractivity contribution in [2.45, 2.75) is 20.4 Å². The number of amidine groups is 2. The van der Waals surface area contributed by atoms with Crippen molar-refractivity contribution in [2.75, 3.05) is 7.05 Å². The van der Waals surface area contributed by atoms with Crippen LogP contribution in [-0.4, -0.2) is 49.2 Å². The van der Waals surface area contributed by atoms with Crippen molar-refractivity contribution in [2.24, 2.45) is 20.4 Å². The minimum atomic E-state index is 0. The van der Waals surface area contributed by atoms with Crippen molar-refractivity contribution in [3.05, 3.63) is 36.2 Å². The summed E-state index contributed by atoms with van der Waals surface area (Å²) in [5.41, 5.74) is 3.01. The molecule has 13 heteroatoms. The van der Waals surface area contributed by atoms with Gasteiger partial charge in [0.25, 0.3) is 0 Å². The summed E-state index contributed by atoms with van der Waals surface area (Å²) >= 11 is 10.1. The molecule has 0 aliphatic heterocycles. The normalized spacial score (nSPS) is 12.9. The van der Waals surface area contributed by atoms with Crippen molar-refractivity contribution >= 4 is 47.0 Å². The van der Waals surface area contributed by atoms with E-state index >= 15 is 0 Å². The Balaban J connectivity index is 0.00000420. The molecular formula is C16H18CuN10S2. The second-order valence-electron chi connectivity index (χ2n) is 5.35. The average Bonchev–Trinajstić information content (AvgIpc) is 2.74. The van der Waals surface area contributed by atoms with Gasteiger partial charge in [0.2, 0.25) is 5.82 Å². The molecule has 29 heavy (non-hydrogen) atoms. The predicted molar refractivity (Wildman–Crippen MR) is 115 cm³/mol. The molecule has 155 valence electrons. The molecule has 0 atom stereocenters. The molecule has 10 nitrogen and oxygen atoms in total. The third kappa shape index (κ3) is 8.52. The summed E-state index contributed by atoms with van der Waals surface area (Å²) in [6.07, 6.45) is 1.29. The topological polar surface area (TPSA) is 125 Å². The van der Waals surface area contributed by atoms with Crippen molar-refractivity contribution < 1.29 is 17.1 Å². The molecular weight excluding hydrogens is 460 g/mol. The molecule has 0 bridgehead atoms. The van der Waals surface area contributed by atoms with Crippen molar-refractivity contribution in [3.8, 4) is 11.4 Å².